The van der Waals surface area contributed by atoms with E-state index in [9.17, 15) is 0 Å². The molecule has 2 nitrogen and oxygen atoms in total. The van der Waals surface area contributed by atoms with Crippen LogP contribution in [0.15, 0.2) is 24.3 Å². The standard InChI is InChI=1S/C14H22N2S/c1-10(2)12-6-8-13(9-7-12)15-14(17)16(5)11(3)4/h6-11H,1-5H3,(H,15,17). The van der Waals surface area contributed by atoms with Gasteiger partial charge >= 0.3 is 0 Å². The molecule has 0 unspecified atom stereocenters. The summed E-state index contributed by atoms with van der Waals surface area (Å²) in [5.41, 5.74) is 2.39. The second-order valence-electron chi connectivity index (χ2n) is 4.91. The van der Waals surface area contributed by atoms with E-state index in [1.165, 1.54) is 5.56 Å². The Hall–Kier alpha value is -1.09. The third-order valence-corrected chi connectivity index (χ3v) is 3.31. The van der Waals surface area contributed by atoms with Crippen molar-refractivity contribution in [2.45, 2.75) is 39.7 Å². The molecule has 17 heavy (non-hydrogen) atoms. The average molecular weight is 250 g/mol. The number of hydrogen-bond donors (Lipinski definition) is 1. The number of benzene rings is 1. The molecule has 0 saturated carbocycles. The molecule has 94 valence electrons. The normalized spacial score (nSPS) is 10.8. The fourth-order valence-corrected chi connectivity index (χ4v) is 1.73. The predicted octanol–water partition coefficient (Wildman–Crippen LogP) is 3.85. The average Bonchev–Trinajstić information content (AvgIpc) is 2.28. The largest absolute Gasteiger partial charge is 0.350 e. The highest BCUT2D eigenvalue weighted by atomic mass is 32.1. The molecule has 0 aliphatic carbocycles. The first-order valence-electron chi connectivity index (χ1n) is 6.05. The Morgan fingerprint density at radius 2 is 1.65 bits per heavy atom. The highest BCUT2D eigenvalue weighted by molar-refractivity contribution is 7.80. The Morgan fingerprint density at radius 3 is 2.06 bits per heavy atom. The molecule has 0 aliphatic heterocycles. The van der Waals surface area contributed by atoms with E-state index in [0.29, 0.717) is 12.0 Å². The molecule has 0 spiro atoms. The van der Waals surface area contributed by atoms with Gasteiger partial charge in [-0.25, -0.2) is 0 Å². The van der Waals surface area contributed by atoms with Gasteiger partial charge in [0.15, 0.2) is 5.11 Å². The summed E-state index contributed by atoms with van der Waals surface area (Å²) in [4.78, 5) is 2.05. The molecule has 0 saturated heterocycles. The maximum absolute atomic E-state index is 5.33. The van der Waals surface area contributed by atoms with Crippen LogP contribution < -0.4 is 5.32 Å². The molecule has 3 heteroatoms. The van der Waals surface area contributed by atoms with Gasteiger partial charge in [-0.05, 0) is 49.7 Å². The first-order chi connectivity index (χ1) is 7.91. The zero-order chi connectivity index (χ0) is 13.0. The van der Waals surface area contributed by atoms with Gasteiger partial charge in [0, 0.05) is 18.8 Å². The summed E-state index contributed by atoms with van der Waals surface area (Å²) in [7, 11) is 2.00. The van der Waals surface area contributed by atoms with Crippen LogP contribution in [0.25, 0.3) is 0 Å². The Bertz CT molecular complexity index is 368. The Kier molecular flexibility index (Phi) is 4.94. The zero-order valence-corrected chi connectivity index (χ0v) is 12.1. The minimum atomic E-state index is 0.407. The molecule has 0 amide bonds. The molecule has 0 bridgehead atoms. The van der Waals surface area contributed by atoms with Gasteiger partial charge in [-0.15, -0.1) is 0 Å². The van der Waals surface area contributed by atoms with Crippen molar-refractivity contribution in [2.24, 2.45) is 0 Å². The van der Waals surface area contributed by atoms with E-state index in [4.69, 9.17) is 12.2 Å². The fraction of sp³-hybridized carbons (Fsp3) is 0.500. The minimum absolute atomic E-state index is 0.407. The SMILES string of the molecule is CC(C)c1ccc(NC(=S)N(C)C(C)C)cc1. The van der Waals surface area contributed by atoms with E-state index >= 15 is 0 Å². The van der Waals surface area contributed by atoms with Crippen LogP contribution >= 0.6 is 12.2 Å². The zero-order valence-electron chi connectivity index (χ0n) is 11.3. The summed E-state index contributed by atoms with van der Waals surface area (Å²) in [6, 6.07) is 8.85. The molecule has 1 N–H and O–H groups in total. The first-order valence-corrected chi connectivity index (χ1v) is 6.46. The maximum Gasteiger partial charge on any atom is 0.173 e. The summed E-state index contributed by atoms with van der Waals surface area (Å²) >= 11 is 5.33. The summed E-state index contributed by atoms with van der Waals surface area (Å²) < 4.78 is 0. The van der Waals surface area contributed by atoms with Crippen molar-refractivity contribution >= 4 is 23.0 Å². The highest BCUT2D eigenvalue weighted by Gasteiger charge is 2.07. The second kappa shape index (κ2) is 6.01. The van der Waals surface area contributed by atoms with Gasteiger partial charge in [-0.1, -0.05) is 26.0 Å². The van der Waals surface area contributed by atoms with Gasteiger partial charge in [0.2, 0.25) is 0 Å². The lowest BCUT2D eigenvalue weighted by Gasteiger charge is -2.25. The molecule has 0 heterocycles. The molecular weight excluding hydrogens is 228 g/mol. The predicted molar refractivity (Wildman–Crippen MR) is 79.7 cm³/mol. The van der Waals surface area contributed by atoms with E-state index in [2.05, 4.69) is 57.3 Å². The number of thiocarbonyl (C=S) groups is 1. The number of anilines is 1. The molecular formula is C14H22N2S. The van der Waals surface area contributed by atoms with Gasteiger partial charge in [0.25, 0.3) is 0 Å². The van der Waals surface area contributed by atoms with Gasteiger partial charge in [0.05, 0.1) is 0 Å². The summed E-state index contributed by atoms with van der Waals surface area (Å²) in [6.45, 7) is 8.63. The summed E-state index contributed by atoms with van der Waals surface area (Å²) in [5, 5.41) is 4.01. The van der Waals surface area contributed by atoms with Gasteiger partial charge in [-0.3, -0.25) is 0 Å². The number of rotatable bonds is 3. The van der Waals surface area contributed by atoms with E-state index in [1.54, 1.807) is 0 Å². The smallest absolute Gasteiger partial charge is 0.173 e. The van der Waals surface area contributed by atoms with Crippen molar-refractivity contribution in [3.05, 3.63) is 29.8 Å². The molecule has 0 atom stereocenters. The van der Waals surface area contributed by atoms with Crippen molar-refractivity contribution in [1.29, 1.82) is 0 Å². The molecule has 0 aliphatic rings. The minimum Gasteiger partial charge on any atom is -0.350 e. The third-order valence-electron chi connectivity index (χ3n) is 2.92. The number of nitrogens with zero attached hydrogens (tertiary/aromatic N) is 1. The van der Waals surface area contributed by atoms with Crippen molar-refractivity contribution in [1.82, 2.24) is 4.90 Å². The van der Waals surface area contributed by atoms with E-state index in [-0.39, 0.29) is 0 Å². The Labute approximate surface area is 110 Å². The van der Waals surface area contributed by atoms with Crippen LogP contribution in [0.2, 0.25) is 0 Å². The molecule has 0 radical (unpaired) electrons. The Morgan fingerprint density at radius 1 is 1.12 bits per heavy atom. The van der Waals surface area contributed by atoms with Crippen molar-refractivity contribution in [2.75, 3.05) is 12.4 Å². The topological polar surface area (TPSA) is 15.3 Å². The number of nitrogens with one attached hydrogen (secondary N) is 1. The van der Waals surface area contributed by atoms with E-state index < -0.39 is 0 Å². The van der Waals surface area contributed by atoms with Crippen molar-refractivity contribution < 1.29 is 0 Å². The van der Waals surface area contributed by atoms with E-state index in [0.717, 1.165) is 10.8 Å². The highest BCUT2D eigenvalue weighted by Crippen LogP contribution is 2.17. The monoisotopic (exact) mass is 250 g/mol. The lowest BCUT2D eigenvalue weighted by atomic mass is 10.0. The lowest BCUT2D eigenvalue weighted by Crippen LogP contribution is -2.36. The van der Waals surface area contributed by atoms with Crippen LogP contribution in [0, 0.1) is 0 Å². The molecule has 1 rings (SSSR count). The fourth-order valence-electron chi connectivity index (χ4n) is 1.40. The van der Waals surface area contributed by atoms with Crippen LogP contribution in [-0.4, -0.2) is 23.1 Å². The van der Waals surface area contributed by atoms with Crippen LogP contribution in [-0.2, 0) is 0 Å². The summed E-state index contributed by atoms with van der Waals surface area (Å²) in [6.07, 6.45) is 0. The van der Waals surface area contributed by atoms with Crippen LogP contribution in [0.5, 0.6) is 0 Å². The lowest BCUT2D eigenvalue weighted by molar-refractivity contribution is 0.423. The van der Waals surface area contributed by atoms with Crippen molar-refractivity contribution in [3.8, 4) is 0 Å². The van der Waals surface area contributed by atoms with Crippen molar-refractivity contribution in [3.63, 3.8) is 0 Å². The first kappa shape index (κ1) is 14.0. The maximum atomic E-state index is 5.33. The van der Waals surface area contributed by atoms with E-state index in [1.807, 2.05) is 11.9 Å². The molecule has 0 aromatic heterocycles. The number of hydrogen-bond acceptors (Lipinski definition) is 1. The summed E-state index contributed by atoms with van der Waals surface area (Å²) in [5.74, 6) is 0.564. The van der Waals surface area contributed by atoms with Gasteiger partial charge < -0.3 is 10.2 Å². The van der Waals surface area contributed by atoms with Gasteiger partial charge in [0.1, 0.15) is 0 Å². The third kappa shape index (κ3) is 4.00. The molecule has 0 fully saturated rings. The van der Waals surface area contributed by atoms with Gasteiger partial charge in [-0.2, -0.15) is 0 Å². The van der Waals surface area contributed by atoms with Crippen LogP contribution in [0.1, 0.15) is 39.2 Å². The quantitative estimate of drug-likeness (QED) is 0.820. The molecule has 1 aromatic rings. The Balaban J connectivity index is 2.66. The molecule has 1 aromatic carbocycles. The van der Waals surface area contributed by atoms with Crippen LogP contribution in [0.3, 0.4) is 0 Å². The van der Waals surface area contributed by atoms with Crippen LogP contribution in [0.4, 0.5) is 5.69 Å². The second-order valence-corrected chi connectivity index (χ2v) is 5.30.